The van der Waals surface area contributed by atoms with Crippen LogP contribution < -0.4 is 5.73 Å². The summed E-state index contributed by atoms with van der Waals surface area (Å²) < 4.78 is 0. The van der Waals surface area contributed by atoms with Crippen molar-refractivity contribution < 1.29 is 9.72 Å². The van der Waals surface area contributed by atoms with Crippen LogP contribution in [-0.2, 0) is 0 Å². The molecule has 1 aromatic carbocycles. The minimum atomic E-state index is -0.504. The minimum Gasteiger partial charge on any atom is -0.338 e. The van der Waals surface area contributed by atoms with Gasteiger partial charge in [0.05, 0.1) is 4.92 Å². The number of fused-ring (bicyclic) bond motifs is 1. The Hall–Kier alpha value is -1.95. The first-order chi connectivity index (χ1) is 9.58. The lowest BCUT2D eigenvalue weighted by atomic mass is 9.98. The van der Waals surface area contributed by atoms with Gasteiger partial charge in [0.25, 0.3) is 11.6 Å². The van der Waals surface area contributed by atoms with E-state index >= 15 is 0 Å². The van der Waals surface area contributed by atoms with Gasteiger partial charge in [-0.15, -0.1) is 0 Å². The molecule has 1 saturated carbocycles. The fourth-order valence-electron chi connectivity index (χ4n) is 3.46. The molecule has 20 heavy (non-hydrogen) atoms. The van der Waals surface area contributed by atoms with E-state index in [0.717, 1.165) is 12.8 Å². The fraction of sp³-hybridized carbons (Fsp3) is 0.500. The van der Waals surface area contributed by atoms with Crippen LogP contribution >= 0.6 is 0 Å². The van der Waals surface area contributed by atoms with Gasteiger partial charge in [0.2, 0.25) is 0 Å². The number of carbonyl (C=O) groups excluding carboxylic acids is 1. The Bertz CT molecular complexity index is 560. The van der Waals surface area contributed by atoms with Gasteiger partial charge in [-0.05, 0) is 30.7 Å². The quantitative estimate of drug-likeness (QED) is 0.652. The van der Waals surface area contributed by atoms with Gasteiger partial charge in [-0.25, -0.2) is 0 Å². The number of carbonyl (C=O) groups is 1. The van der Waals surface area contributed by atoms with E-state index in [-0.39, 0.29) is 23.2 Å². The lowest BCUT2D eigenvalue weighted by molar-refractivity contribution is -0.385. The maximum Gasteiger partial charge on any atom is 0.282 e. The van der Waals surface area contributed by atoms with E-state index in [1.807, 2.05) is 0 Å². The van der Waals surface area contributed by atoms with Gasteiger partial charge in [-0.1, -0.05) is 12.1 Å². The third-order valence-electron chi connectivity index (χ3n) is 4.53. The molecular formula is C14H17N3O3. The third-order valence-corrected chi connectivity index (χ3v) is 4.53. The molecule has 0 bridgehead atoms. The van der Waals surface area contributed by atoms with Crippen LogP contribution in [0.15, 0.2) is 24.3 Å². The molecule has 1 amide bonds. The zero-order chi connectivity index (χ0) is 14.3. The predicted molar refractivity (Wildman–Crippen MR) is 73.2 cm³/mol. The molecule has 2 aliphatic rings. The van der Waals surface area contributed by atoms with Gasteiger partial charge in [-0.2, -0.15) is 0 Å². The number of nitro benzene ring substituents is 1. The molecular weight excluding hydrogens is 258 g/mol. The molecule has 3 rings (SSSR count). The SMILES string of the molecule is NC1CCC2CN(C(=O)c3ccccc3[N+](=O)[O-])CC12. The average Bonchev–Trinajstić information content (AvgIpc) is 3.00. The Morgan fingerprint density at radius 1 is 1.30 bits per heavy atom. The molecule has 0 spiro atoms. The molecule has 1 heterocycles. The van der Waals surface area contributed by atoms with Crippen LogP contribution in [0.4, 0.5) is 5.69 Å². The first-order valence-electron chi connectivity index (χ1n) is 6.86. The van der Waals surface area contributed by atoms with Crippen molar-refractivity contribution >= 4 is 11.6 Å². The van der Waals surface area contributed by atoms with Crippen molar-refractivity contribution in [3.05, 3.63) is 39.9 Å². The van der Waals surface area contributed by atoms with Crippen LogP contribution in [0, 0.1) is 22.0 Å². The fourth-order valence-corrected chi connectivity index (χ4v) is 3.46. The molecule has 1 aliphatic heterocycles. The van der Waals surface area contributed by atoms with E-state index in [2.05, 4.69) is 0 Å². The van der Waals surface area contributed by atoms with E-state index in [1.54, 1.807) is 17.0 Å². The highest BCUT2D eigenvalue weighted by Crippen LogP contribution is 2.38. The normalized spacial score (nSPS) is 28.4. The number of nitrogens with two attached hydrogens (primary N) is 1. The van der Waals surface area contributed by atoms with E-state index in [1.165, 1.54) is 12.1 Å². The Balaban J connectivity index is 1.83. The smallest absolute Gasteiger partial charge is 0.282 e. The first kappa shape index (κ1) is 13.1. The average molecular weight is 275 g/mol. The summed E-state index contributed by atoms with van der Waals surface area (Å²) in [6.07, 6.45) is 2.06. The van der Waals surface area contributed by atoms with Crippen molar-refractivity contribution in [2.75, 3.05) is 13.1 Å². The maximum atomic E-state index is 12.5. The van der Waals surface area contributed by atoms with Crippen LogP contribution in [0.5, 0.6) is 0 Å². The lowest BCUT2D eigenvalue weighted by Crippen LogP contribution is -2.33. The third kappa shape index (κ3) is 2.06. The second-order valence-corrected chi connectivity index (χ2v) is 5.65. The van der Waals surface area contributed by atoms with Gasteiger partial charge in [-0.3, -0.25) is 14.9 Å². The topological polar surface area (TPSA) is 89.5 Å². The number of hydrogen-bond donors (Lipinski definition) is 1. The summed E-state index contributed by atoms with van der Waals surface area (Å²) in [5.41, 5.74) is 6.10. The number of rotatable bonds is 2. The van der Waals surface area contributed by atoms with Crippen LogP contribution in [0.2, 0.25) is 0 Å². The van der Waals surface area contributed by atoms with Gasteiger partial charge < -0.3 is 10.6 Å². The largest absolute Gasteiger partial charge is 0.338 e. The van der Waals surface area contributed by atoms with Gasteiger partial charge in [0.15, 0.2) is 0 Å². The first-order valence-corrected chi connectivity index (χ1v) is 6.86. The Labute approximate surface area is 116 Å². The molecule has 2 N–H and O–H groups in total. The number of benzene rings is 1. The van der Waals surface area contributed by atoms with Crippen molar-refractivity contribution in [1.29, 1.82) is 0 Å². The summed E-state index contributed by atoms with van der Waals surface area (Å²) in [5.74, 6) is 0.553. The summed E-state index contributed by atoms with van der Waals surface area (Å²) in [7, 11) is 0. The molecule has 6 nitrogen and oxygen atoms in total. The van der Waals surface area contributed by atoms with E-state index in [9.17, 15) is 14.9 Å². The number of para-hydroxylation sites is 1. The number of nitro groups is 1. The van der Waals surface area contributed by atoms with Crippen molar-refractivity contribution in [2.45, 2.75) is 18.9 Å². The number of amides is 1. The Kier molecular flexibility index (Phi) is 3.17. The summed E-state index contributed by atoms with van der Waals surface area (Å²) in [6, 6.07) is 6.28. The van der Waals surface area contributed by atoms with Crippen LogP contribution in [0.1, 0.15) is 23.2 Å². The second kappa shape index (κ2) is 4.86. The number of hydrogen-bond acceptors (Lipinski definition) is 4. The van der Waals surface area contributed by atoms with E-state index in [0.29, 0.717) is 24.9 Å². The zero-order valence-corrected chi connectivity index (χ0v) is 11.1. The van der Waals surface area contributed by atoms with Crippen molar-refractivity contribution in [2.24, 2.45) is 17.6 Å². The summed E-state index contributed by atoms with van der Waals surface area (Å²) >= 11 is 0. The van der Waals surface area contributed by atoms with E-state index < -0.39 is 4.92 Å². The molecule has 1 aliphatic carbocycles. The van der Waals surface area contributed by atoms with Gasteiger partial charge in [0.1, 0.15) is 5.56 Å². The van der Waals surface area contributed by atoms with Crippen LogP contribution in [0.3, 0.4) is 0 Å². The molecule has 3 unspecified atom stereocenters. The van der Waals surface area contributed by atoms with Crippen molar-refractivity contribution in [1.82, 2.24) is 4.90 Å². The second-order valence-electron chi connectivity index (χ2n) is 5.65. The molecule has 0 aromatic heterocycles. The van der Waals surface area contributed by atoms with Crippen molar-refractivity contribution in [3.63, 3.8) is 0 Å². The number of nitrogens with zero attached hydrogens (tertiary/aromatic N) is 2. The minimum absolute atomic E-state index is 0.126. The Morgan fingerprint density at radius 2 is 2.05 bits per heavy atom. The highest BCUT2D eigenvalue weighted by molar-refractivity contribution is 5.98. The highest BCUT2D eigenvalue weighted by Gasteiger charge is 2.43. The molecule has 1 aromatic rings. The summed E-state index contributed by atoms with van der Waals surface area (Å²) in [4.78, 5) is 24.7. The molecule has 3 atom stereocenters. The van der Waals surface area contributed by atoms with Gasteiger partial charge in [0, 0.05) is 25.2 Å². The maximum absolute atomic E-state index is 12.5. The molecule has 106 valence electrons. The zero-order valence-electron chi connectivity index (χ0n) is 11.1. The van der Waals surface area contributed by atoms with Crippen molar-refractivity contribution in [3.8, 4) is 0 Å². The molecule has 2 fully saturated rings. The van der Waals surface area contributed by atoms with Gasteiger partial charge >= 0.3 is 0 Å². The predicted octanol–water partition coefficient (Wildman–Crippen LogP) is 1.40. The van der Waals surface area contributed by atoms with Crippen LogP contribution in [0.25, 0.3) is 0 Å². The van der Waals surface area contributed by atoms with E-state index in [4.69, 9.17) is 5.73 Å². The molecule has 0 radical (unpaired) electrons. The van der Waals surface area contributed by atoms with Crippen LogP contribution in [-0.4, -0.2) is 34.9 Å². The summed E-state index contributed by atoms with van der Waals surface area (Å²) in [5, 5.41) is 11.0. The lowest BCUT2D eigenvalue weighted by Gasteiger charge is -2.18. The summed E-state index contributed by atoms with van der Waals surface area (Å²) in [6.45, 7) is 1.29. The molecule has 6 heteroatoms. The standard InChI is InChI=1S/C14H17N3O3/c15-12-6-5-9-7-16(8-11(9)12)14(18)10-3-1-2-4-13(10)17(19)20/h1-4,9,11-12H,5-8,15H2. The highest BCUT2D eigenvalue weighted by atomic mass is 16.6. The Morgan fingerprint density at radius 3 is 2.75 bits per heavy atom. The molecule has 1 saturated heterocycles. The number of likely N-dealkylation sites (tertiary alicyclic amines) is 1. The monoisotopic (exact) mass is 275 g/mol.